The standard InChI is InChI=1S/C19H23N3O2/c1-15-7-3-4-9-17(15)10-11-19(24)20-18-12-14-22(21-18)13-6-5-8-16(2)23/h3-4,7,9-12,14H,5-6,8,13H2,1-2H3,(H,20,21,24)/b11-10+. The number of benzene rings is 1. The number of Topliss-reactive ketones (excluding diaryl/α,β-unsaturated/α-hetero) is 1. The molecule has 0 saturated carbocycles. The van der Waals surface area contributed by atoms with Crippen molar-refractivity contribution in [3.05, 3.63) is 53.7 Å². The molecule has 126 valence electrons. The molecule has 0 bridgehead atoms. The Balaban J connectivity index is 1.82. The van der Waals surface area contributed by atoms with Gasteiger partial charge >= 0.3 is 0 Å². The summed E-state index contributed by atoms with van der Waals surface area (Å²) < 4.78 is 1.78. The number of amides is 1. The van der Waals surface area contributed by atoms with Gasteiger partial charge in [-0.3, -0.25) is 9.48 Å². The smallest absolute Gasteiger partial charge is 0.249 e. The van der Waals surface area contributed by atoms with Gasteiger partial charge in [0.15, 0.2) is 5.82 Å². The van der Waals surface area contributed by atoms with Gasteiger partial charge in [-0.1, -0.05) is 24.3 Å². The minimum absolute atomic E-state index is 0.208. The van der Waals surface area contributed by atoms with Gasteiger partial charge in [-0.15, -0.1) is 0 Å². The summed E-state index contributed by atoms with van der Waals surface area (Å²) in [6, 6.07) is 9.65. The molecular formula is C19H23N3O2. The summed E-state index contributed by atoms with van der Waals surface area (Å²) >= 11 is 0. The lowest BCUT2D eigenvalue weighted by atomic mass is 10.1. The van der Waals surface area contributed by atoms with Crippen LogP contribution < -0.4 is 5.32 Å². The summed E-state index contributed by atoms with van der Waals surface area (Å²) in [6.07, 6.45) is 7.48. The van der Waals surface area contributed by atoms with E-state index in [2.05, 4.69) is 10.4 Å². The van der Waals surface area contributed by atoms with Crippen LogP contribution in [0.3, 0.4) is 0 Å². The van der Waals surface area contributed by atoms with Crippen LogP contribution >= 0.6 is 0 Å². The van der Waals surface area contributed by atoms with E-state index in [1.807, 2.05) is 37.4 Å². The van der Waals surface area contributed by atoms with Gasteiger partial charge in [-0.25, -0.2) is 0 Å². The van der Waals surface area contributed by atoms with E-state index in [9.17, 15) is 9.59 Å². The first-order valence-corrected chi connectivity index (χ1v) is 8.12. The molecule has 2 rings (SSSR count). The number of nitrogens with zero attached hydrogens (tertiary/aromatic N) is 2. The van der Waals surface area contributed by atoms with Crippen LogP contribution in [-0.4, -0.2) is 21.5 Å². The van der Waals surface area contributed by atoms with Gasteiger partial charge in [0, 0.05) is 31.3 Å². The van der Waals surface area contributed by atoms with Gasteiger partial charge in [0.25, 0.3) is 0 Å². The zero-order valence-corrected chi connectivity index (χ0v) is 14.2. The molecule has 1 heterocycles. The van der Waals surface area contributed by atoms with Crippen molar-refractivity contribution in [1.29, 1.82) is 0 Å². The van der Waals surface area contributed by atoms with Crippen LogP contribution in [0.25, 0.3) is 6.08 Å². The van der Waals surface area contributed by atoms with E-state index in [-0.39, 0.29) is 11.7 Å². The summed E-state index contributed by atoms with van der Waals surface area (Å²) in [4.78, 5) is 22.8. The summed E-state index contributed by atoms with van der Waals surface area (Å²) in [5.41, 5.74) is 2.14. The number of carbonyl (C=O) groups is 2. The molecule has 0 atom stereocenters. The number of nitrogens with one attached hydrogen (secondary N) is 1. The fourth-order valence-electron chi connectivity index (χ4n) is 2.31. The fraction of sp³-hybridized carbons (Fsp3) is 0.316. The number of unbranched alkanes of at least 4 members (excludes halogenated alkanes) is 1. The Hall–Kier alpha value is -2.69. The molecule has 0 radical (unpaired) electrons. The molecule has 0 fully saturated rings. The second-order valence-corrected chi connectivity index (χ2v) is 5.80. The van der Waals surface area contributed by atoms with Crippen LogP contribution in [0, 0.1) is 6.92 Å². The molecule has 5 heteroatoms. The first-order chi connectivity index (χ1) is 11.5. The molecule has 0 unspecified atom stereocenters. The van der Waals surface area contributed by atoms with Crippen molar-refractivity contribution in [2.75, 3.05) is 5.32 Å². The monoisotopic (exact) mass is 325 g/mol. The van der Waals surface area contributed by atoms with E-state index in [1.54, 1.807) is 23.7 Å². The quantitative estimate of drug-likeness (QED) is 0.596. The Morgan fingerprint density at radius 3 is 2.75 bits per heavy atom. The second kappa shape index (κ2) is 8.82. The molecule has 1 aromatic carbocycles. The predicted molar refractivity (Wildman–Crippen MR) is 95.6 cm³/mol. The van der Waals surface area contributed by atoms with E-state index in [4.69, 9.17) is 0 Å². The third-order valence-electron chi connectivity index (χ3n) is 3.66. The van der Waals surface area contributed by atoms with Crippen molar-refractivity contribution >= 4 is 23.6 Å². The van der Waals surface area contributed by atoms with Crippen molar-refractivity contribution in [3.63, 3.8) is 0 Å². The predicted octanol–water partition coefficient (Wildman–Crippen LogP) is 3.60. The third-order valence-corrected chi connectivity index (χ3v) is 3.66. The Labute approximate surface area is 142 Å². The molecule has 0 aliphatic carbocycles. The van der Waals surface area contributed by atoms with Gasteiger partial charge in [0.05, 0.1) is 0 Å². The Morgan fingerprint density at radius 1 is 1.21 bits per heavy atom. The Morgan fingerprint density at radius 2 is 2.00 bits per heavy atom. The molecule has 1 N–H and O–H groups in total. The fourth-order valence-corrected chi connectivity index (χ4v) is 2.31. The molecule has 0 spiro atoms. The van der Waals surface area contributed by atoms with E-state index >= 15 is 0 Å². The molecule has 2 aromatic rings. The zero-order valence-electron chi connectivity index (χ0n) is 14.2. The number of anilines is 1. The summed E-state index contributed by atoms with van der Waals surface area (Å²) in [6.45, 7) is 4.35. The summed E-state index contributed by atoms with van der Waals surface area (Å²) in [7, 11) is 0. The van der Waals surface area contributed by atoms with Gasteiger partial charge < -0.3 is 10.1 Å². The molecule has 0 saturated heterocycles. The van der Waals surface area contributed by atoms with Crippen LogP contribution in [0.15, 0.2) is 42.6 Å². The van der Waals surface area contributed by atoms with E-state index in [1.165, 1.54) is 6.08 Å². The van der Waals surface area contributed by atoms with E-state index < -0.39 is 0 Å². The lowest BCUT2D eigenvalue weighted by Gasteiger charge is -2.01. The van der Waals surface area contributed by atoms with Crippen molar-refractivity contribution in [2.24, 2.45) is 0 Å². The highest BCUT2D eigenvalue weighted by atomic mass is 16.1. The molecule has 0 aliphatic heterocycles. The van der Waals surface area contributed by atoms with Crippen LogP contribution in [0.4, 0.5) is 5.82 Å². The molecular weight excluding hydrogens is 302 g/mol. The largest absolute Gasteiger partial charge is 0.306 e. The topological polar surface area (TPSA) is 64.0 Å². The van der Waals surface area contributed by atoms with Crippen molar-refractivity contribution < 1.29 is 9.59 Å². The highest BCUT2D eigenvalue weighted by molar-refractivity contribution is 6.01. The number of hydrogen-bond donors (Lipinski definition) is 1. The number of aryl methyl sites for hydroxylation is 2. The molecule has 24 heavy (non-hydrogen) atoms. The Bertz CT molecular complexity index is 732. The highest BCUT2D eigenvalue weighted by Gasteiger charge is 2.03. The van der Waals surface area contributed by atoms with Gasteiger partial charge in [0.2, 0.25) is 5.91 Å². The minimum atomic E-state index is -0.208. The first-order valence-electron chi connectivity index (χ1n) is 8.12. The van der Waals surface area contributed by atoms with Gasteiger partial charge in [-0.05, 0) is 43.9 Å². The summed E-state index contributed by atoms with van der Waals surface area (Å²) in [5, 5.41) is 7.05. The molecule has 5 nitrogen and oxygen atoms in total. The van der Waals surface area contributed by atoms with Gasteiger partial charge in [-0.2, -0.15) is 5.10 Å². The van der Waals surface area contributed by atoms with Crippen molar-refractivity contribution in [3.8, 4) is 0 Å². The number of rotatable bonds is 8. The normalized spacial score (nSPS) is 10.9. The second-order valence-electron chi connectivity index (χ2n) is 5.80. The third kappa shape index (κ3) is 5.83. The van der Waals surface area contributed by atoms with E-state index in [0.29, 0.717) is 12.2 Å². The average Bonchev–Trinajstić information content (AvgIpc) is 2.98. The molecule has 1 aromatic heterocycles. The van der Waals surface area contributed by atoms with E-state index in [0.717, 1.165) is 30.5 Å². The van der Waals surface area contributed by atoms with Crippen LogP contribution in [0.5, 0.6) is 0 Å². The van der Waals surface area contributed by atoms with Crippen LogP contribution in [0.2, 0.25) is 0 Å². The number of carbonyl (C=O) groups excluding carboxylic acids is 2. The van der Waals surface area contributed by atoms with Crippen LogP contribution in [0.1, 0.15) is 37.3 Å². The maximum absolute atomic E-state index is 12.0. The SMILES string of the molecule is CC(=O)CCCCn1ccc(NC(=O)/C=C/c2ccccc2C)n1. The lowest BCUT2D eigenvalue weighted by molar-refractivity contribution is -0.117. The lowest BCUT2D eigenvalue weighted by Crippen LogP contribution is -2.09. The number of aromatic nitrogens is 2. The van der Waals surface area contributed by atoms with Crippen molar-refractivity contribution in [1.82, 2.24) is 9.78 Å². The number of hydrogen-bond acceptors (Lipinski definition) is 3. The van der Waals surface area contributed by atoms with Crippen molar-refractivity contribution in [2.45, 2.75) is 39.7 Å². The molecule has 1 amide bonds. The minimum Gasteiger partial charge on any atom is -0.306 e. The van der Waals surface area contributed by atoms with Crippen LogP contribution in [-0.2, 0) is 16.1 Å². The zero-order chi connectivity index (χ0) is 17.4. The maximum Gasteiger partial charge on any atom is 0.249 e. The van der Waals surface area contributed by atoms with Gasteiger partial charge in [0.1, 0.15) is 5.78 Å². The molecule has 0 aliphatic rings. The highest BCUT2D eigenvalue weighted by Crippen LogP contribution is 2.09. The maximum atomic E-state index is 12.0. The summed E-state index contributed by atoms with van der Waals surface area (Å²) in [5.74, 6) is 0.532. The first kappa shape index (κ1) is 17.7. The average molecular weight is 325 g/mol. The Kier molecular flexibility index (Phi) is 6.49. The number of ketones is 1.